The molecule has 0 radical (unpaired) electrons. The number of aryl methyl sites for hydroxylation is 2. The van der Waals surface area contributed by atoms with E-state index in [2.05, 4.69) is 16.0 Å². The van der Waals surface area contributed by atoms with Crippen LogP contribution in [-0.2, 0) is 5.41 Å². The molecule has 0 aromatic carbocycles. The molecule has 2 rings (SSSR count). The van der Waals surface area contributed by atoms with E-state index in [1.54, 1.807) is 6.20 Å². The van der Waals surface area contributed by atoms with Gasteiger partial charge in [-0.15, -0.1) is 0 Å². The first kappa shape index (κ1) is 8.18. The number of hydrogen-bond acceptors (Lipinski definition) is 3. The van der Waals surface area contributed by atoms with E-state index in [1.807, 2.05) is 13.8 Å². The van der Waals surface area contributed by atoms with Gasteiger partial charge < -0.3 is 0 Å². The first-order valence-electron chi connectivity index (χ1n) is 4.40. The molecule has 0 bridgehead atoms. The predicted molar refractivity (Wildman–Crippen MR) is 48.0 cm³/mol. The van der Waals surface area contributed by atoms with Crippen LogP contribution in [0.5, 0.6) is 0 Å². The summed E-state index contributed by atoms with van der Waals surface area (Å²) in [7, 11) is 0. The molecule has 1 fully saturated rings. The van der Waals surface area contributed by atoms with Gasteiger partial charge in [0.1, 0.15) is 5.41 Å². The number of nitriles is 1. The minimum absolute atomic E-state index is 0.300. The van der Waals surface area contributed by atoms with Crippen molar-refractivity contribution in [2.75, 3.05) is 0 Å². The molecule has 0 atom stereocenters. The second-order valence-electron chi connectivity index (χ2n) is 3.62. The lowest BCUT2D eigenvalue weighted by molar-refractivity contribution is 0.820. The molecule has 1 aromatic rings. The van der Waals surface area contributed by atoms with Crippen LogP contribution >= 0.6 is 0 Å². The lowest BCUT2D eigenvalue weighted by atomic mass is 10.1. The topological polar surface area (TPSA) is 49.6 Å². The van der Waals surface area contributed by atoms with Crippen molar-refractivity contribution in [2.24, 2.45) is 0 Å². The van der Waals surface area contributed by atoms with E-state index < -0.39 is 0 Å². The molecule has 1 aliphatic carbocycles. The first-order chi connectivity index (χ1) is 6.18. The van der Waals surface area contributed by atoms with Crippen molar-refractivity contribution in [1.82, 2.24) is 9.97 Å². The fourth-order valence-corrected chi connectivity index (χ4v) is 1.32. The van der Waals surface area contributed by atoms with E-state index in [0.29, 0.717) is 0 Å². The SMILES string of the molecule is Cc1ncc(C2(C#N)CC2)nc1C. The minimum Gasteiger partial charge on any atom is -0.258 e. The van der Waals surface area contributed by atoms with Gasteiger partial charge in [0.05, 0.1) is 29.3 Å². The summed E-state index contributed by atoms with van der Waals surface area (Å²) in [5, 5.41) is 8.95. The average molecular weight is 173 g/mol. The summed E-state index contributed by atoms with van der Waals surface area (Å²) < 4.78 is 0. The molecule has 0 spiro atoms. The van der Waals surface area contributed by atoms with Gasteiger partial charge in [-0.2, -0.15) is 5.26 Å². The number of nitrogens with zero attached hydrogens (tertiary/aromatic N) is 3. The first-order valence-corrected chi connectivity index (χ1v) is 4.40. The quantitative estimate of drug-likeness (QED) is 0.648. The van der Waals surface area contributed by atoms with Gasteiger partial charge in [-0.1, -0.05) is 0 Å². The standard InChI is InChI=1S/C10H11N3/c1-7-8(2)13-9(5-12-7)10(6-11)3-4-10/h5H,3-4H2,1-2H3. The molecule has 0 N–H and O–H groups in total. The number of rotatable bonds is 1. The maximum atomic E-state index is 8.95. The maximum absolute atomic E-state index is 8.95. The molecule has 1 heterocycles. The Morgan fingerprint density at radius 1 is 1.38 bits per heavy atom. The molecule has 0 unspecified atom stereocenters. The Kier molecular flexibility index (Phi) is 1.59. The van der Waals surface area contributed by atoms with Crippen molar-refractivity contribution in [1.29, 1.82) is 5.26 Å². The second-order valence-corrected chi connectivity index (χ2v) is 3.62. The number of hydrogen-bond donors (Lipinski definition) is 0. The molecule has 1 saturated carbocycles. The Labute approximate surface area is 77.4 Å². The predicted octanol–water partition coefficient (Wildman–Crippen LogP) is 1.65. The van der Waals surface area contributed by atoms with Gasteiger partial charge in [0.15, 0.2) is 0 Å². The zero-order valence-corrected chi connectivity index (χ0v) is 7.83. The molecule has 3 heteroatoms. The lowest BCUT2D eigenvalue weighted by Crippen LogP contribution is -2.08. The third kappa shape index (κ3) is 1.19. The largest absolute Gasteiger partial charge is 0.258 e. The van der Waals surface area contributed by atoms with Crippen molar-refractivity contribution in [3.8, 4) is 6.07 Å². The second kappa shape index (κ2) is 2.53. The van der Waals surface area contributed by atoms with E-state index in [0.717, 1.165) is 29.9 Å². The molecular formula is C10H11N3. The summed E-state index contributed by atoms with van der Waals surface area (Å²) in [5.74, 6) is 0. The molecule has 3 nitrogen and oxygen atoms in total. The Hall–Kier alpha value is -1.43. The van der Waals surface area contributed by atoms with Crippen molar-refractivity contribution in [3.05, 3.63) is 23.3 Å². The van der Waals surface area contributed by atoms with E-state index >= 15 is 0 Å². The van der Waals surface area contributed by atoms with Crippen LogP contribution in [0, 0.1) is 25.2 Å². The summed E-state index contributed by atoms with van der Waals surface area (Å²) in [5.41, 5.74) is 2.42. The van der Waals surface area contributed by atoms with Gasteiger partial charge in [0.25, 0.3) is 0 Å². The Morgan fingerprint density at radius 2 is 2.08 bits per heavy atom. The van der Waals surface area contributed by atoms with Crippen LogP contribution in [-0.4, -0.2) is 9.97 Å². The maximum Gasteiger partial charge on any atom is 0.101 e. The van der Waals surface area contributed by atoms with Crippen LogP contribution in [0.3, 0.4) is 0 Å². The molecule has 13 heavy (non-hydrogen) atoms. The molecule has 0 amide bonds. The van der Waals surface area contributed by atoms with Crippen LogP contribution in [0.1, 0.15) is 29.9 Å². The van der Waals surface area contributed by atoms with Crippen LogP contribution in [0.2, 0.25) is 0 Å². The summed E-state index contributed by atoms with van der Waals surface area (Å²) in [6.07, 6.45) is 3.60. The summed E-state index contributed by atoms with van der Waals surface area (Å²) >= 11 is 0. The molecule has 0 saturated heterocycles. The van der Waals surface area contributed by atoms with Crippen molar-refractivity contribution in [3.63, 3.8) is 0 Å². The molecule has 66 valence electrons. The molecule has 0 aliphatic heterocycles. The summed E-state index contributed by atoms with van der Waals surface area (Å²) in [4.78, 5) is 8.61. The summed E-state index contributed by atoms with van der Waals surface area (Å²) in [6, 6.07) is 2.31. The monoisotopic (exact) mass is 173 g/mol. The average Bonchev–Trinajstić information content (AvgIpc) is 2.90. The third-order valence-electron chi connectivity index (χ3n) is 2.65. The normalized spacial score (nSPS) is 17.9. The lowest BCUT2D eigenvalue weighted by Gasteiger charge is -2.06. The molecule has 1 aliphatic rings. The third-order valence-corrected chi connectivity index (χ3v) is 2.65. The van der Waals surface area contributed by atoms with E-state index in [1.165, 1.54) is 0 Å². The van der Waals surface area contributed by atoms with Gasteiger partial charge in [0.2, 0.25) is 0 Å². The fraction of sp³-hybridized carbons (Fsp3) is 0.500. The van der Waals surface area contributed by atoms with Crippen molar-refractivity contribution >= 4 is 0 Å². The van der Waals surface area contributed by atoms with E-state index in [9.17, 15) is 0 Å². The van der Waals surface area contributed by atoms with Crippen LogP contribution in [0.25, 0.3) is 0 Å². The van der Waals surface area contributed by atoms with Crippen LogP contribution < -0.4 is 0 Å². The van der Waals surface area contributed by atoms with Crippen LogP contribution in [0.4, 0.5) is 0 Å². The smallest absolute Gasteiger partial charge is 0.101 e. The summed E-state index contributed by atoms with van der Waals surface area (Å²) in [6.45, 7) is 3.86. The number of aromatic nitrogens is 2. The van der Waals surface area contributed by atoms with Crippen molar-refractivity contribution < 1.29 is 0 Å². The van der Waals surface area contributed by atoms with Gasteiger partial charge in [-0.25, -0.2) is 0 Å². The Morgan fingerprint density at radius 3 is 2.54 bits per heavy atom. The highest BCUT2D eigenvalue weighted by atomic mass is 14.8. The highest BCUT2D eigenvalue weighted by molar-refractivity contribution is 5.33. The van der Waals surface area contributed by atoms with Gasteiger partial charge >= 0.3 is 0 Å². The van der Waals surface area contributed by atoms with Gasteiger partial charge in [-0.05, 0) is 26.7 Å². The zero-order chi connectivity index (χ0) is 9.47. The van der Waals surface area contributed by atoms with Gasteiger partial charge in [-0.3, -0.25) is 9.97 Å². The Balaban J connectivity index is 2.44. The zero-order valence-electron chi connectivity index (χ0n) is 7.83. The molecule has 1 aromatic heterocycles. The van der Waals surface area contributed by atoms with Gasteiger partial charge in [0, 0.05) is 0 Å². The van der Waals surface area contributed by atoms with E-state index in [4.69, 9.17) is 5.26 Å². The highest BCUT2D eigenvalue weighted by Gasteiger charge is 2.46. The Bertz CT molecular complexity index is 386. The fourth-order valence-electron chi connectivity index (χ4n) is 1.32. The van der Waals surface area contributed by atoms with E-state index in [-0.39, 0.29) is 5.41 Å². The van der Waals surface area contributed by atoms with Crippen molar-refractivity contribution in [2.45, 2.75) is 32.1 Å². The molecular weight excluding hydrogens is 162 g/mol. The highest BCUT2D eigenvalue weighted by Crippen LogP contribution is 2.46. The minimum atomic E-state index is -0.300. The van der Waals surface area contributed by atoms with Crippen LogP contribution in [0.15, 0.2) is 6.20 Å².